The zero-order valence-corrected chi connectivity index (χ0v) is 18.0. The highest BCUT2D eigenvalue weighted by Gasteiger charge is 2.23. The van der Waals surface area contributed by atoms with Crippen molar-refractivity contribution >= 4 is 17.2 Å². The Balaban J connectivity index is 1.62. The van der Waals surface area contributed by atoms with Crippen LogP contribution in [-0.4, -0.2) is 23.9 Å². The number of carbonyl (C=O) groups excluding carboxylic acids is 1. The van der Waals surface area contributed by atoms with Crippen LogP contribution in [0.3, 0.4) is 0 Å². The quantitative estimate of drug-likeness (QED) is 0.794. The molecule has 3 rings (SSSR count). The average Bonchev–Trinajstić information content (AvgIpc) is 3.08. The first-order valence-electron chi connectivity index (χ1n) is 9.92. The molecule has 0 saturated heterocycles. The predicted molar refractivity (Wildman–Crippen MR) is 114 cm³/mol. The Morgan fingerprint density at radius 3 is 2.52 bits per heavy atom. The standard InChI is InChI=1S/C23H32N2OS/c1-16(2)22(17-6-8-19(9-7-17)23(3,4)5)24-14-21(26)25-12-10-20-18(15-25)11-13-27-20/h6-9,11,13,16,22,24H,10,12,14-15H2,1-5H3. The number of nitrogens with one attached hydrogen (secondary N) is 1. The molecular weight excluding hydrogens is 352 g/mol. The molecule has 2 heterocycles. The molecule has 1 aliphatic rings. The highest BCUT2D eigenvalue weighted by molar-refractivity contribution is 7.10. The zero-order valence-electron chi connectivity index (χ0n) is 17.2. The summed E-state index contributed by atoms with van der Waals surface area (Å²) < 4.78 is 0. The number of thiophene rings is 1. The fourth-order valence-corrected chi connectivity index (χ4v) is 4.59. The lowest BCUT2D eigenvalue weighted by Crippen LogP contribution is -2.42. The van der Waals surface area contributed by atoms with Crippen molar-refractivity contribution in [2.24, 2.45) is 5.92 Å². The third kappa shape index (κ3) is 4.80. The van der Waals surface area contributed by atoms with Crippen molar-refractivity contribution in [1.82, 2.24) is 10.2 Å². The summed E-state index contributed by atoms with van der Waals surface area (Å²) in [6, 6.07) is 11.2. The Kier molecular flexibility index (Phi) is 6.07. The second kappa shape index (κ2) is 8.15. The molecule has 3 nitrogen and oxygen atoms in total. The zero-order chi connectivity index (χ0) is 19.6. The second-order valence-electron chi connectivity index (χ2n) is 8.91. The Hall–Kier alpha value is -1.65. The molecule has 0 saturated carbocycles. The molecule has 1 aliphatic heterocycles. The lowest BCUT2D eigenvalue weighted by molar-refractivity contribution is -0.131. The fraction of sp³-hybridized carbons (Fsp3) is 0.522. The van der Waals surface area contributed by atoms with Gasteiger partial charge < -0.3 is 10.2 Å². The number of nitrogens with zero attached hydrogens (tertiary/aromatic N) is 1. The van der Waals surface area contributed by atoms with E-state index in [2.05, 4.69) is 75.6 Å². The van der Waals surface area contributed by atoms with Crippen molar-refractivity contribution in [3.8, 4) is 0 Å². The van der Waals surface area contributed by atoms with Gasteiger partial charge in [0.15, 0.2) is 0 Å². The van der Waals surface area contributed by atoms with E-state index in [1.807, 2.05) is 16.2 Å². The van der Waals surface area contributed by atoms with Crippen LogP contribution >= 0.6 is 11.3 Å². The third-order valence-corrected chi connectivity index (χ3v) is 6.46. The first kappa shape index (κ1) is 20.1. The molecule has 0 aliphatic carbocycles. The summed E-state index contributed by atoms with van der Waals surface area (Å²) in [6.07, 6.45) is 0.987. The number of carbonyl (C=O) groups is 1. The van der Waals surface area contributed by atoms with Crippen molar-refractivity contribution in [1.29, 1.82) is 0 Å². The van der Waals surface area contributed by atoms with Crippen LogP contribution in [0, 0.1) is 5.92 Å². The van der Waals surface area contributed by atoms with E-state index >= 15 is 0 Å². The number of rotatable bonds is 5. The molecule has 1 unspecified atom stereocenters. The first-order valence-corrected chi connectivity index (χ1v) is 10.8. The van der Waals surface area contributed by atoms with Gasteiger partial charge in [0, 0.05) is 24.0 Å². The minimum atomic E-state index is 0.157. The van der Waals surface area contributed by atoms with Crippen LogP contribution < -0.4 is 5.32 Å². The van der Waals surface area contributed by atoms with Crippen molar-refractivity contribution in [2.75, 3.05) is 13.1 Å². The summed E-state index contributed by atoms with van der Waals surface area (Å²) >= 11 is 1.81. The molecule has 1 aromatic heterocycles. The molecule has 1 N–H and O–H groups in total. The third-order valence-electron chi connectivity index (χ3n) is 5.44. The molecular formula is C23H32N2OS. The number of fused-ring (bicyclic) bond motifs is 1. The van der Waals surface area contributed by atoms with Crippen LogP contribution in [0.5, 0.6) is 0 Å². The largest absolute Gasteiger partial charge is 0.337 e. The van der Waals surface area contributed by atoms with Crippen molar-refractivity contribution in [3.63, 3.8) is 0 Å². The maximum absolute atomic E-state index is 12.7. The number of benzene rings is 1. The summed E-state index contributed by atoms with van der Waals surface area (Å²) in [6.45, 7) is 13.1. The Morgan fingerprint density at radius 1 is 1.19 bits per heavy atom. The summed E-state index contributed by atoms with van der Waals surface area (Å²) in [5, 5.41) is 5.65. The minimum Gasteiger partial charge on any atom is -0.337 e. The van der Waals surface area contributed by atoms with E-state index in [1.165, 1.54) is 21.6 Å². The maximum Gasteiger partial charge on any atom is 0.236 e. The van der Waals surface area contributed by atoms with Crippen LogP contribution in [-0.2, 0) is 23.2 Å². The van der Waals surface area contributed by atoms with Crippen LogP contribution in [0.2, 0.25) is 0 Å². The van der Waals surface area contributed by atoms with Crippen LogP contribution in [0.1, 0.15) is 62.2 Å². The smallest absolute Gasteiger partial charge is 0.236 e. The van der Waals surface area contributed by atoms with E-state index in [0.717, 1.165) is 19.5 Å². The fourth-order valence-electron chi connectivity index (χ4n) is 3.70. The van der Waals surface area contributed by atoms with Gasteiger partial charge in [-0.25, -0.2) is 0 Å². The van der Waals surface area contributed by atoms with E-state index in [-0.39, 0.29) is 17.4 Å². The topological polar surface area (TPSA) is 32.3 Å². The monoisotopic (exact) mass is 384 g/mol. The lowest BCUT2D eigenvalue weighted by Gasteiger charge is -2.29. The highest BCUT2D eigenvalue weighted by Crippen LogP contribution is 2.27. The maximum atomic E-state index is 12.7. The molecule has 1 aromatic carbocycles. The number of hydrogen-bond acceptors (Lipinski definition) is 3. The van der Waals surface area contributed by atoms with Crippen LogP contribution in [0.4, 0.5) is 0 Å². The summed E-state index contributed by atoms with van der Waals surface area (Å²) in [7, 11) is 0. The van der Waals surface area contributed by atoms with E-state index in [9.17, 15) is 4.79 Å². The summed E-state index contributed by atoms with van der Waals surface area (Å²) in [5.74, 6) is 0.618. The highest BCUT2D eigenvalue weighted by atomic mass is 32.1. The second-order valence-corrected chi connectivity index (χ2v) is 9.91. The summed E-state index contributed by atoms with van der Waals surface area (Å²) in [4.78, 5) is 16.2. The molecule has 0 fully saturated rings. The average molecular weight is 385 g/mol. The van der Waals surface area contributed by atoms with Gasteiger partial charge in [-0.3, -0.25) is 4.79 Å². The summed E-state index contributed by atoms with van der Waals surface area (Å²) in [5.41, 5.74) is 4.07. The molecule has 1 atom stereocenters. The van der Waals surface area contributed by atoms with Gasteiger partial charge >= 0.3 is 0 Å². The van der Waals surface area contributed by atoms with Gasteiger partial charge in [-0.15, -0.1) is 11.3 Å². The molecule has 4 heteroatoms. The molecule has 146 valence electrons. The van der Waals surface area contributed by atoms with Gasteiger partial charge in [-0.05, 0) is 45.9 Å². The normalized spacial score (nSPS) is 15.7. The van der Waals surface area contributed by atoms with Gasteiger partial charge in [0.05, 0.1) is 6.54 Å². The molecule has 0 spiro atoms. The van der Waals surface area contributed by atoms with E-state index in [0.29, 0.717) is 12.5 Å². The van der Waals surface area contributed by atoms with Crippen molar-refractivity contribution in [3.05, 3.63) is 57.3 Å². The molecule has 0 radical (unpaired) electrons. The SMILES string of the molecule is CC(C)C(NCC(=O)N1CCc2sccc2C1)c1ccc(C(C)(C)C)cc1. The van der Waals surface area contributed by atoms with Crippen LogP contribution in [0.25, 0.3) is 0 Å². The van der Waals surface area contributed by atoms with Gasteiger partial charge in [0.1, 0.15) is 0 Å². The Labute approximate surface area is 167 Å². The van der Waals surface area contributed by atoms with Crippen molar-refractivity contribution in [2.45, 2.75) is 59.0 Å². The van der Waals surface area contributed by atoms with Gasteiger partial charge in [-0.2, -0.15) is 0 Å². The lowest BCUT2D eigenvalue weighted by atomic mass is 9.85. The number of amides is 1. The molecule has 0 bridgehead atoms. The molecule has 1 amide bonds. The van der Waals surface area contributed by atoms with Gasteiger partial charge in [0.2, 0.25) is 5.91 Å². The molecule has 2 aromatic rings. The Bertz CT molecular complexity index is 770. The van der Waals surface area contributed by atoms with E-state index < -0.39 is 0 Å². The van der Waals surface area contributed by atoms with E-state index in [4.69, 9.17) is 0 Å². The Morgan fingerprint density at radius 2 is 1.89 bits per heavy atom. The number of hydrogen-bond donors (Lipinski definition) is 1. The van der Waals surface area contributed by atoms with Gasteiger partial charge in [-0.1, -0.05) is 58.9 Å². The van der Waals surface area contributed by atoms with Crippen molar-refractivity contribution < 1.29 is 4.79 Å². The predicted octanol–water partition coefficient (Wildman–Crippen LogP) is 4.92. The van der Waals surface area contributed by atoms with Gasteiger partial charge in [0.25, 0.3) is 0 Å². The first-order chi connectivity index (χ1) is 12.8. The minimum absolute atomic E-state index is 0.157. The van der Waals surface area contributed by atoms with Crippen LogP contribution in [0.15, 0.2) is 35.7 Å². The molecule has 27 heavy (non-hydrogen) atoms. The van der Waals surface area contributed by atoms with E-state index in [1.54, 1.807) is 0 Å².